The van der Waals surface area contributed by atoms with Crippen LogP contribution in [0.2, 0.25) is 0 Å². The summed E-state index contributed by atoms with van der Waals surface area (Å²) in [7, 11) is 0. The fourth-order valence-electron chi connectivity index (χ4n) is 12.9. The van der Waals surface area contributed by atoms with Crippen molar-refractivity contribution < 1.29 is 37.7 Å². The Labute approximate surface area is 361 Å². The molecule has 9 atom stereocenters. The Bertz CT molecular complexity index is 2400. The maximum absolute atomic E-state index is 15.6. The minimum absolute atomic E-state index is 0.0270. The molecule has 10 rings (SSSR count). The van der Waals surface area contributed by atoms with E-state index in [0.29, 0.717) is 43.2 Å². The minimum atomic E-state index is -4.84. The molecule has 0 heterocycles. The lowest BCUT2D eigenvalue weighted by Crippen LogP contribution is -2.67. The number of nitrogens with zero attached hydrogens (tertiary/aromatic N) is 1. The van der Waals surface area contributed by atoms with E-state index in [1.807, 2.05) is 91.9 Å². The number of ether oxygens (including phenoxy) is 1. The van der Waals surface area contributed by atoms with Crippen molar-refractivity contribution in [2.24, 2.45) is 33.5 Å². The van der Waals surface area contributed by atoms with Gasteiger partial charge in [0, 0.05) is 33.9 Å². The Kier molecular flexibility index (Phi) is 10.4. The molecule has 3 saturated carbocycles. The topological polar surface area (TPSA) is 99.1 Å². The molecule has 4 aromatic rings. The van der Waals surface area contributed by atoms with Gasteiger partial charge in [-0.05, 0) is 104 Å². The predicted molar refractivity (Wildman–Crippen MR) is 232 cm³/mol. The number of amides is 2. The Hall–Kier alpha value is -5.19. The molecule has 0 aliphatic heterocycles. The van der Waals surface area contributed by atoms with Crippen molar-refractivity contribution in [2.75, 3.05) is 6.54 Å². The van der Waals surface area contributed by atoms with Crippen LogP contribution in [0.4, 0.5) is 18.0 Å². The van der Waals surface area contributed by atoms with Gasteiger partial charge in [0.1, 0.15) is 5.75 Å². The summed E-state index contributed by atoms with van der Waals surface area (Å²) in [4.78, 5) is 31.6. The third-order valence-corrected chi connectivity index (χ3v) is 16.1. The number of benzene rings is 4. The normalized spacial score (nSPS) is 32.5. The lowest BCUT2D eigenvalue weighted by atomic mass is 9.32. The van der Waals surface area contributed by atoms with Gasteiger partial charge in [-0.1, -0.05) is 129 Å². The molecule has 0 radical (unpaired) electrons. The van der Waals surface area contributed by atoms with Gasteiger partial charge in [-0.25, -0.2) is 4.79 Å². The van der Waals surface area contributed by atoms with Crippen LogP contribution in [0.5, 0.6) is 5.75 Å². The van der Waals surface area contributed by atoms with Crippen LogP contribution in [0.15, 0.2) is 133 Å². The molecule has 2 bridgehead atoms. The first-order valence-corrected chi connectivity index (χ1v) is 22.0. The monoisotopic (exact) mass is 844 g/mol. The number of urea groups is 1. The van der Waals surface area contributed by atoms with Crippen LogP contribution in [-0.4, -0.2) is 51.5 Å². The second-order valence-corrected chi connectivity index (χ2v) is 19.2. The van der Waals surface area contributed by atoms with Crippen LogP contribution < -0.4 is 10.1 Å². The average Bonchev–Trinajstić information content (AvgIpc) is 3.53. The number of aliphatic hydroxyl groups excluding tert-OH is 1. The van der Waals surface area contributed by atoms with E-state index in [9.17, 15) is 28.2 Å². The fraction of sp³-hybridized carbons (Fsp3) is 0.423. The van der Waals surface area contributed by atoms with Crippen molar-refractivity contribution >= 4 is 11.8 Å². The number of hydrogen-bond donors (Lipinski definition) is 3. The van der Waals surface area contributed by atoms with Gasteiger partial charge >= 0.3 is 12.4 Å². The second-order valence-electron chi connectivity index (χ2n) is 19.2. The molecule has 1 unspecified atom stereocenters. The minimum Gasteiger partial charge on any atom is -0.406 e. The van der Waals surface area contributed by atoms with E-state index in [1.165, 1.54) is 24.3 Å². The summed E-state index contributed by atoms with van der Waals surface area (Å²) in [5.74, 6) is -0.486. The van der Waals surface area contributed by atoms with Crippen molar-refractivity contribution in [2.45, 2.75) is 96.4 Å². The summed E-state index contributed by atoms with van der Waals surface area (Å²) >= 11 is 0. The number of nitrogens with one attached hydrogen (secondary N) is 1. The molecule has 2 amide bonds. The van der Waals surface area contributed by atoms with E-state index in [2.05, 4.69) is 42.1 Å². The molecule has 324 valence electrons. The first kappa shape index (κ1) is 42.1. The van der Waals surface area contributed by atoms with Crippen molar-refractivity contribution in [3.8, 4) is 16.9 Å². The van der Waals surface area contributed by atoms with E-state index in [4.69, 9.17) is 0 Å². The Morgan fingerprint density at radius 2 is 1.45 bits per heavy atom. The van der Waals surface area contributed by atoms with E-state index in [-0.39, 0.29) is 47.9 Å². The molecule has 6 aliphatic rings. The first-order valence-electron chi connectivity index (χ1n) is 22.0. The molecule has 6 aliphatic carbocycles. The molecule has 0 saturated heterocycles. The maximum Gasteiger partial charge on any atom is 0.573 e. The van der Waals surface area contributed by atoms with Crippen LogP contribution in [0.1, 0.15) is 93.2 Å². The van der Waals surface area contributed by atoms with Crippen LogP contribution in [0.25, 0.3) is 11.1 Å². The molecule has 0 aromatic heterocycles. The smallest absolute Gasteiger partial charge is 0.406 e. The number of carbonyl (C=O) groups is 2. The lowest BCUT2D eigenvalue weighted by molar-refractivity contribution is -0.274. The predicted octanol–water partition coefficient (Wildman–Crippen LogP) is 11.0. The average molecular weight is 845 g/mol. The fourth-order valence-corrected chi connectivity index (χ4v) is 12.9. The molecule has 3 N–H and O–H groups in total. The van der Waals surface area contributed by atoms with Gasteiger partial charge in [0.15, 0.2) is 5.78 Å². The number of Topliss-reactive ketones (excluding diaryl/α,β-unsaturated/α-hetero) is 1. The van der Waals surface area contributed by atoms with Crippen LogP contribution in [-0.2, 0) is 6.54 Å². The van der Waals surface area contributed by atoms with Gasteiger partial charge < -0.3 is 25.2 Å². The number of aliphatic hydroxyl groups is 2. The Balaban J connectivity index is 1.10. The van der Waals surface area contributed by atoms with Crippen molar-refractivity contribution in [3.63, 3.8) is 0 Å². The molecule has 2 spiro atoms. The van der Waals surface area contributed by atoms with Gasteiger partial charge in [-0.15, -0.1) is 13.2 Å². The van der Waals surface area contributed by atoms with Gasteiger partial charge in [0.2, 0.25) is 0 Å². The standard InChI is InChI=1S/C52H55F3N2O5/c1-34(36-12-6-4-7-13-36)56-46(60)57(32-35-18-20-39(21-19-35)62-52(53,54)55)33-50(61)27-24-44-48(50,3)26-23-43-47(2)25-22-38(58)30-49(47)28-29-51(43,44)42(31-49)45(59)41-17-11-10-16-40(41)37-14-8-5-9-15-37/h4-21,28-29,31,34,38,43-44,58,61H,22-27,30,32-33H2,1-3H3,(H,56,60)/t34-,38?,43-,44-,47-,48+,49+,50-,51-/m1/s1. The summed E-state index contributed by atoms with van der Waals surface area (Å²) in [5, 5.41) is 27.6. The maximum atomic E-state index is 15.6. The molecule has 3 fully saturated rings. The molecular weight excluding hydrogens is 790 g/mol. The van der Waals surface area contributed by atoms with Crippen LogP contribution >= 0.6 is 0 Å². The number of alkyl halides is 3. The zero-order valence-electron chi connectivity index (χ0n) is 35.5. The molecule has 4 aromatic carbocycles. The first-order chi connectivity index (χ1) is 29.5. The zero-order chi connectivity index (χ0) is 43.7. The second kappa shape index (κ2) is 15.3. The third kappa shape index (κ3) is 6.80. The van der Waals surface area contributed by atoms with E-state index in [1.54, 1.807) is 4.90 Å². The number of ketones is 1. The van der Waals surface area contributed by atoms with E-state index >= 15 is 4.79 Å². The Morgan fingerprint density at radius 1 is 0.823 bits per heavy atom. The highest BCUT2D eigenvalue weighted by atomic mass is 19.4. The van der Waals surface area contributed by atoms with Crippen LogP contribution in [0.3, 0.4) is 0 Å². The summed E-state index contributed by atoms with van der Waals surface area (Å²) in [6, 6.07) is 32.0. The number of carbonyl (C=O) groups excluding carboxylic acids is 2. The quantitative estimate of drug-likeness (QED) is 0.109. The highest BCUT2D eigenvalue weighted by molar-refractivity contribution is 6.14. The molecule has 7 nitrogen and oxygen atoms in total. The SMILES string of the molecule is C[C@@H](NC(=O)N(Cc1ccc(OC(F)(F)F)cc1)C[C@]1(O)CC[C@H]2[C@]34C=C[C@@]5(C=C3C(=O)c3ccccc3-c3ccccc3)CC(O)CC[C@]5(C)[C@H]4CC[C@@]21C)c1ccccc1. The number of fused-ring (bicyclic) bond motifs is 1. The van der Waals surface area contributed by atoms with E-state index in [0.717, 1.165) is 35.1 Å². The van der Waals surface area contributed by atoms with Crippen molar-refractivity contribution in [1.82, 2.24) is 10.2 Å². The highest BCUT2D eigenvalue weighted by Gasteiger charge is 2.74. The molecule has 10 heteroatoms. The van der Waals surface area contributed by atoms with Gasteiger partial charge in [0.25, 0.3) is 0 Å². The molecular formula is C52H55F3N2O5. The number of halogens is 3. The largest absolute Gasteiger partial charge is 0.573 e. The highest BCUT2D eigenvalue weighted by Crippen LogP contribution is 2.78. The summed E-state index contributed by atoms with van der Waals surface area (Å²) in [5.41, 5.74) is 1.06. The van der Waals surface area contributed by atoms with Gasteiger partial charge in [-0.3, -0.25) is 4.79 Å². The summed E-state index contributed by atoms with van der Waals surface area (Å²) in [6.07, 6.45) is 5.94. The zero-order valence-corrected chi connectivity index (χ0v) is 35.5. The lowest BCUT2D eigenvalue weighted by Gasteiger charge is -2.71. The van der Waals surface area contributed by atoms with E-state index < -0.39 is 40.3 Å². The van der Waals surface area contributed by atoms with Crippen molar-refractivity contribution in [3.05, 3.63) is 150 Å². The number of rotatable bonds is 10. The Morgan fingerprint density at radius 3 is 2.16 bits per heavy atom. The third-order valence-electron chi connectivity index (χ3n) is 16.1. The molecule has 62 heavy (non-hydrogen) atoms. The van der Waals surface area contributed by atoms with Gasteiger partial charge in [-0.2, -0.15) is 0 Å². The number of allylic oxidation sites excluding steroid dienone is 4. The number of hydrogen-bond acceptors (Lipinski definition) is 5. The van der Waals surface area contributed by atoms with Crippen molar-refractivity contribution in [1.29, 1.82) is 0 Å². The van der Waals surface area contributed by atoms with Crippen LogP contribution in [0, 0.1) is 33.5 Å². The summed E-state index contributed by atoms with van der Waals surface area (Å²) < 4.78 is 43.2. The summed E-state index contributed by atoms with van der Waals surface area (Å²) in [6.45, 7) is 6.38. The van der Waals surface area contributed by atoms with Gasteiger partial charge in [0.05, 0.1) is 24.3 Å².